The highest BCUT2D eigenvalue weighted by molar-refractivity contribution is 6.04. The number of ether oxygens (including phenoxy) is 3. The van der Waals surface area contributed by atoms with E-state index in [2.05, 4.69) is 0 Å². The number of benzene rings is 1. The highest BCUT2D eigenvalue weighted by Crippen LogP contribution is 2.42. The molecule has 4 heteroatoms. The van der Waals surface area contributed by atoms with Crippen LogP contribution in [-0.4, -0.2) is 18.7 Å². The molecule has 3 heterocycles. The summed E-state index contributed by atoms with van der Waals surface area (Å²) in [5, 5.41) is 0. The van der Waals surface area contributed by atoms with Crippen LogP contribution in [-0.2, 0) is 4.74 Å². The van der Waals surface area contributed by atoms with Crippen molar-refractivity contribution >= 4 is 11.9 Å². The largest absolute Gasteiger partial charge is 0.484 e. The molecule has 0 radical (unpaired) electrons. The summed E-state index contributed by atoms with van der Waals surface area (Å²) in [6.07, 6.45) is 5.04. The molecule has 1 atom stereocenters. The van der Waals surface area contributed by atoms with E-state index in [0.717, 1.165) is 11.1 Å². The first-order chi connectivity index (χ1) is 8.33. The number of fused-ring (bicyclic) bond motifs is 4. The van der Waals surface area contributed by atoms with E-state index in [1.165, 1.54) is 0 Å². The van der Waals surface area contributed by atoms with Crippen LogP contribution in [0.4, 0.5) is 0 Å². The van der Waals surface area contributed by atoms with Crippen LogP contribution in [0.2, 0.25) is 0 Å². The predicted octanol–water partition coefficient (Wildman–Crippen LogP) is 1.91. The van der Waals surface area contributed by atoms with Gasteiger partial charge < -0.3 is 14.2 Å². The van der Waals surface area contributed by atoms with E-state index in [4.69, 9.17) is 14.2 Å². The van der Waals surface area contributed by atoms with Crippen molar-refractivity contribution in [3.05, 3.63) is 41.2 Å². The SMILES string of the molecule is O=C1COc2c1ccc1c2C=C2C=COC2O1. The van der Waals surface area contributed by atoms with Gasteiger partial charge >= 0.3 is 0 Å². The molecule has 0 saturated carbocycles. The Balaban J connectivity index is 1.95. The van der Waals surface area contributed by atoms with E-state index in [1.54, 1.807) is 18.4 Å². The topological polar surface area (TPSA) is 44.8 Å². The van der Waals surface area contributed by atoms with Gasteiger partial charge in [0.2, 0.25) is 5.78 Å². The summed E-state index contributed by atoms with van der Waals surface area (Å²) in [5.74, 6) is 1.33. The van der Waals surface area contributed by atoms with Gasteiger partial charge in [0.05, 0.1) is 17.4 Å². The molecule has 0 saturated heterocycles. The monoisotopic (exact) mass is 228 g/mol. The quantitative estimate of drug-likeness (QED) is 0.680. The fraction of sp³-hybridized carbons (Fsp3) is 0.154. The van der Waals surface area contributed by atoms with E-state index < -0.39 is 0 Å². The molecule has 4 rings (SSSR count). The van der Waals surface area contributed by atoms with Crippen LogP contribution in [0, 0.1) is 0 Å². The van der Waals surface area contributed by atoms with Gasteiger partial charge in [-0.15, -0.1) is 0 Å². The Morgan fingerprint density at radius 1 is 1.29 bits per heavy atom. The van der Waals surface area contributed by atoms with Crippen molar-refractivity contribution in [3.8, 4) is 11.5 Å². The van der Waals surface area contributed by atoms with Gasteiger partial charge in [-0.25, -0.2) is 0 Å². The van der Waals surface area contributed by atoms with Crippen molar-refractivity contribution < 1.29 is 19.0 Å². The van der Waals surface area contributed by atoms with Crippen molar-refractivity contribution in [2.75, 3.05) is 6.61 Å². The molecule has 0 spiro atoms. The first-order valence-electron chi connectivity index (χ1n) is 5.36. The van der Waals surface area contributed by atoms with Crippen molar-refractivity contribution in [1.29, 1.82) is 0 Å². The average molecular weight is 228 g/mol. The van der Waals surface area contributed by atoms with E-state index in [-0.39, 0.29) is 18.7 Å². The minimum absolute atomic E-state index is 0.0153. The van der Waals surface area contributed by atoms with Crippen LogP contribution in [0.1, 0.15) is 15.9 Å². The standard InChI is InChI=1S/C13H8O4/c14-10-6-16-12-8(10)1-2-11-9(12)5-7-3-4-15-13(7)17-11/h1-5,13H,6H2. The Kier molecular flexibility index (Phi) is 1.52. The molecule has 0 aromatic heterocycles. The fourth-order valence-corrected chi connectivity index (χ4v) is 2.25. The summed E-state index contributed by atoms with van der Waals surface area (Å²) >= 11 is 0. The van der Waals surface area contributed by atoms with Crippen molar-refractivity contribution in [2.45, 2.75) is 6.29 Å². The molecule has 3 aliphatic heterocycles. The lowest BCUT2D eigenvalue weighted by Gasteiger charge is -2.22. The van der Waals surface area contributed by atoms with E-state index in [9.17, 15) is 4.79 Å². The van der Waals surface area contributed by atoms with E-state index in [0.29, 0.717) is 17.1 Å². The smallest absolute Gasteiger partial charge is 0.266 e. The van der Waals surface area contributed by atoms with Crippen molar-refractivity contribution in [3.63, 3.8) is 0 Å². The average Bonchev–Trinajstić information content (AvgIpc) is 2.93. The first-order valence-corrected chi connectivity index (χ1v) is 5.36. The Labute approximate surface area is 97.1 Å². The maximum Gasteiger partial charge on any atom is 0.266 e. The first kappa shape index (κ1) is 8.87. The second-order valence-corrected chi connectivity index (χ2v) is 4.10. The lowest BCUT2D eigenvalue weighted by molar-refractivity contribution is 0.0133. The van der Waals surface area contributed by atoms with Gasteiger partial charge in [0.15, 0.2) is 6.61 Å². The Morgan fingerprint density at radius 2 is 2.24 bits per heavy atom. The third-order valence-electron chi connectivity index (χ3n) is 3.08. The lowest BCUT2D eigenvalue weighted by Crippen LogP contribution is -2.20. The fourth-order valence-electron chi connectivity index (χ4n) is 2.25. The third-order valence-corrected chi connectivity index (χ3v) is 3.08. The number of hydrogen-bond donors (Lipinski definition) is 0. The highest BCUT2D eigenvalue weighted by Gasteiger charge is 2.31. The van der Waals surface area contributed by atoms with Gasteiger partial charge in [0.1, 0.15) is 11.5 Å². The van der Waals surface area contributed by atoms with Crippen LogP contribution in [0.3, 0.4) is 0 Å². The van der Waals surface area contributed by atoms with Crippen LogP contribution in [0.5, 0.6) is 11.5 Å². The molecule has 3 aliphatic rings. The summed E-state index contributed by atoms with van der Waals surface area (Å²) in [5.41, 5.74) is 2.40. The van der Waals surface area contributed by atoms with Gasteiger partial charge in [-0.1, -0.05) is 0 Å². The molecule has 1 aromatic carbocycles. The van der Waals surface area contributed by atoms with Crippen molar-refractivity contribution in [2.24, 2.45) is 0 Å². The zero-order valence-corrected chi connectivity index (χ0v) is 8.80. The highest BCUT2D eigenvalue weighted by atomic mass is 16.7. The van der Waals surface area contributed by atoms with E-state index >= 15 is 0 Å². The van der Waals surface area contributed by atoms with Gasteiger partial charge in [0, 0.05) is 5.57 Å². The number of carbonyl (C=O) groups excluding carboxylic acids is 1. The zero-order valence-electron chi connectivity index (χ0n) is 8.80. The Morgan fingerprint density at radius 3 is 3.18 bits per heavy atom. The van der Waals surface area contributed by atoms with Gasteiger partial charge in [0.25, 0.3) is 6.29 Å². The number of rotatable bonds is 0. The molecule has 0 bridgehead atoms. The maximum absolute atomic E-state index is 11.6. The van der Waals surface area contributed by atoms with Crippen LogP contribution in [0.15, 0.2) is 30.0 Å². The Hall–Kier alpha value is -2.23. The molecule has 0 amide bonds. The van der Waals surface area contributed by atoms with Gasteiger partial charge in [-0.2, -0.15) is 0 Å². The molecule has 1 unspecified atom stereocenters. The second-order valence-electron chi connectivity index (χ2n) is 4.10. The minimum atomic E-state index is -0.363. The maximum atomic E-state index is 11.6. The Bertz CT molecular complexity index is 598. The molecular weight excluding hydrogens is 220 g/mol. The molecule has 84 valence electrons. The molecule has 1 aromatic rings. The normalized spacial score (nSPS) is 22.9. The van der Waals surface area contributed by atoms with Crippen LogP contribution >= 0.6 is 0 Å². The molecule has 4 nitrogen and oxygen atoms in total. The summed E-state index contributed by atoms with van der Waals surface area (Å²) in [4.78, 5) is 11.6. The predicted molar refractivity (Wildman–Crippen MR) is 58.9 cm³/mol. The van der Waals surface area contributed by atoms with E-state index in [1.807, 2.05) is 12.2 Å². The summed E-state index contributed by atoms with van der Waals surface area (Å²) in [6.45, 7) is 0.116. The molecule has 0 aliphatic carbocycles. The lowest BCUT2D eigenvalue weighted by atomic mass is 10.0. The van der Waals surface area contributed by atoms with Gasteiger partial charge in [-0.05, 0) is 24.3 Å². The number of carbonyl (C=O) groups is 1. The number of ketones is 1. The molecular formula is C13H8O4. The van der Waals surface area contributed by atoms with Crippen LogP contribution in [0.25, 0.3) is 6.08 Å². The number of Topliss-reactive ketones (excluding diaryl/α,β-unsaturated/α-hetero) is 1. The molecule has 17 heavy (non-hydrogen) atoms. The van der Waals surface area contributed by atoms with Crippen molar-refractivity contribution in [1.82, 2.24) is 0 Å². The summed E-state index contributed by atoms with van der Waals surface area (Å²) < 4.78 is 16.4. The van der Waals surface area contributed by atoms with Gasteiger partial charge in [-0.3, -0.25) is 4.79 Å². The summed E-state index contributed by atoms with van der Waals surface area (Å²) in [6, 6.07) is 3.53. The molecule has 0 fully saturated rings. The summed E-state index contributed by atoms with van der Waals surface area (Å²) in [7, 11) is 0. The third kappa shape index (κ3) is 1.09. The zero-order chi connectivity index (χ0) is 11.4. The minimum Gasteiger partial charge on any atom is -0.484 e. The van der Waals surface area contributed by atoms with Crippen LogP contribution < -0.4 is 9.47 Å². The molecule has 0 N–H and O–H groups in total. The number of hydrogen-bond acceptors (Lipinski definition) is 4. The second kappa shape index (κ2) is 2.91.